The molecule has 0 saturated heterocycles. The lowest BCUT2D eigenvalue weighted by atomic mass is 10.0. The summed E-state index contributed by atoms with van der Waals surface area (Å²) in [5.41, 5.74) is 1.69. The van der Waals surface area contributed by atoms with Gasteiger partial charge in [0.1, 0.15) is 11.6 Å². The number of benzene rings is 1. The van der Waals surface area contributed by atoms with Crippen molar-refractivity contribution in [2.45, 2.75) is 33.1 Å². The Kier molecular flexibility index (Phi) is 3.93. The fourth-order valence-electron chi connectivity index (χ4n) is 1.56. The van der Waals surface area contributed by atoms with Crippen molar-refractivity contribution in [1.29, 1.82) is 0 Å². The Morgan fingerprint density at radius 2 is 1.93 bits per heavy atom. The predicted octanol–water partition coefficient (Wildman–Crippen LogP) is 3.35. The minimum Gasteiger partial charge on any atom is -0.496 e. The van der Waals surface area contributed by atoms with Crippen molar-refractivity contribution in [2.75, 3.05) is 7.11 Å². The first kappa shape index (κ1) is 11.0. The molecule has 1 aromatic carbocycles. The average Bonchev–Trinajstić information content (AvgIpc) is 2.20. The maximum atomic E-state index is 13.5. The number of rotatable bonds is 4. The van der Waals surface area contributed by atoms with Gasteiger partial charge in [-0.2, -0.15) is 0 Å². The summed E-state index contributed by atoms with van der Waals surface area (Å²) in [5, 5.41) is 0. The van der Waals surface area contributed by atoms with Crippen molar-refractivity contribution in [3.8, 4) is 5.75 Å². The molecule has 0 atom stereocenters. The second-order valence-electron chi connectivity index (χ2n) is 3.36. The van der Waals surface area contributed by atoms with Gasteiger partial charge in [0.15, 0.2) is 0 Å². The molecule has 0 aliphatic carbocycles. The number of ether oxygens (including phenoxy) is 1. The molecule has 2 heteroatoms. The second-order valence-corrected chi connectivity index (χ2v) is 3.36. The normalized spacial score (nSPS) is 10.3. The van der Waals surface area contributed by atoms with Crippen molar-refractivity contribution in [1.82, 2.24) is 0 Å². The van der Waals surface area contributed by atoms with Gasteiger partial charge in [-0.15, -0.1) is 0 Å². The van der Waals surface area contributed by atoms with Crippen LogP contribution in [0, 0.1) is 5.82 Å². The number of hydrogen-bond donors (Lipinski definition) is 0. The Bertz CT molecular complexity index is 307. The molecule has 0 spiro atoms. The summed E-state index contributed by atoms with van der Waals surface area (Å²) in [7, 11) is 1.63. The van der Waals surface area contributed by atoms with Crippen LogP contribution in [0.3, 0.4) is 0 Å². The van der Waals surface area contributed by atoms with E-state index in [0.29, 0.717) is 0 Å². The summed E-state index contributed by atoms with van der Waals surface area (Å²) in [6.45, 7) is 4.04. The summed E-state index contributed by atoms with van der Waals surface area (Å²) in [5.74, 6) is 0.696. The maximum absolute atomic E-state index is 13.5. The van der Waals surface area contributed by atoms with Crippen LogP contribution >= 0.6 is 0 Å². The lowest BCUT2D eigenvalue weighted by molar-refractivity contribution is 0.407. The third-order valence-electron chi connectivity index (χ3n) is 2.35. The van der Waals surface area contributed by atoms with E-state index in [4.69, 9.17) is 4.74 Å². The van der Waals surface area contributed by atoms with Crippen LogP contribution in [0.1, 0.15) is 31.4 Å². The van der Waals surface area contributed by atoms with Crippen molar-refractivity contribution >= 4 is 0 Å². The summed E-state index contributed by atoms with van der Waals surface area (Å²) in [6, 6.07) is 3.40. The summed E-state index contributed by atoms with van der Waals surface area (Å²) >= 11 is 0. The standard InChI is InChI=1S/C12H17FO/c1-4-6-10-8-12(14-3)9(5-2)7-11(10)13/h7-8H,4-6H2,1-3H3. The molecule has 0 unspecified atom stereocenters. The van der Waals surface area contributed by atoms with E-state index in [1.54, 1.807) is 13.2 Å². The fraction of sp³-hybridized carbons (Fsp3) is 0.500. The number of hydrogen-bond acceptors (Lipinski definition) is 1. The quantitative estimate of drug-likeness (QED) is 0.717. The van der Waals surface area contributed by atoms with E-state index >= 15 is 0 Å². The Hall–Kier alpha value is -1.05. The van der Waals surface area contributed by atoms with Crippen LogP contribution in [-0.2, 0) is 12.8 Å². The molecule has 0 radical (unpaired) electrons. The lowest BCUT2D eigenvalue weighted by Crippen LogP contribution is -1.97. The number of methoxy groups -OCH3 is 1. The Morgan fingerprint density at radius 3 is 2.43 bits per heavy atom. The average molecular weight is 196 g/mol. The van der Waals surface area contributed by atoms with Gasteiger partial charge in [0.25, 0.3) is 0 Å². The minimum atomic E-state index is -0.107. The summed E-state index contributed by atoms with van der Waals surface area (Å²) in [6.07, 6.45) is 2.52. The largest absolute Gasteiger partial charge is 0.496 e. The van der Waals surface area contributed by atoms with Crippen LogP contribution in [0.2, 0.25) is 0 Å². The highest BCUT2D eigenvalue weighted by Gasteiger charge is 2.08. The Labute approximate surface area is 84.9 Å². The predicted molar refractivity (Wildman–Crippen MR) is 56.3 cm³/mol. The van der Waals surface area contributed by atoms with Gasteiger partial charge in [0.05, 0.1) is 7.11 Å². The highest BCUT2D eigenvalue weighted by Crippen LogP contribution is 2.24. The molecule has 0 amide bonds. The molecule has 0 fully saturated rings. The first-order valence-electron chi connectivity index (χ1n) is 5.08. The number of aryl methyl sites for hydroxylation is 2. The third kappa shape index (κ3) is 2.25. The van der Waals surface area contributed by atoms with E-state index in [9.17, 15) is 4.39 Å². The van der Waals surface area contributed by atoms with Crippen LogP contribution in [0.25, 0.3) is 0 Å². The van der Waals surface area contributed by atoms with Crippen LogP contribution in [0.15, 0.2) is 12.1 Å². The molecule has 0 aliphatic rings. The van der Waals surface area contributed by atoms with E-state index in [2.05, 4.69) is 0 Å². The zero-order valence-electron chi connectivity index (χ0n) is 9.06. The highest BCUT2D eigenvalue weighted by molar-refractivity contribution is 5.38. The summed E-state index contributed by atoms with van der Waals surface area (Å²) < 4.78 is 18.7. The fourth-order valence-corrected chi connectivity index (χ4v) is 1.56. The van der Waals surface area contributed by atoms with Crippen molar-refractivity contribution in [3.63, 3.8) is 0 Å². The zero-order valence-corrected chi connectivity index (χ0v) is 9.06. The molecule has 78 valence electrons. The maximum Gasteiger partial charge on any atom is 0.126 e. The van der Waals surface area contributed by atoms with Gasteiger partial charge in [0, 0.05) is 0 Å². The van der Waals surface area contributed by atoms with Gasteiger partial charge in [-0.25, -0.2) is 4.39 Å². The van der Waals surface area contributed by atoms with E-state index in [1.807, 2.05) is 19.9 Å². The highest BCUT2D eigenvalue weighted by atomic mass is 19.1. The molecule has 0 aliphatic heterocycles. The lowest BCUT2D eigenvalue weighted by Gasteiger charge is -2.10. The van der Waals surface area contributed by atoms with E-state index in [0.717, 1.165) is 36.1 Å². The van der Waals surface area contributed by atoms with Crippen molar-refractivity contribution in [3.05, 3.63) is 29.1 Å². The monoisotopic (exact) mass is 196 g/mol. The Balaban J connectivity index is 3.09. The molecule has 0 N–H and O–H groups in total. The molecule has 0 heterocycles. The van der Waals surface area contributed by atoms with Gasteiger partial charge in [-0.1, -0.05) is 20.3 Å². The van der Waals surface area contributed by atoms with Gasteiger partial charge in [-0.05, 0) is 36.1 Å². The van der Waals surface area contributed by atoms with E-state index in [-0.39, 0.29) is 5.82 Å². The first-order valence-corrected chi connectivity index (χ1v) is 5.08. The van der Waals surface area contributed by atoms with Gasteiger partial charge in [-0.3, -0.25) is 0 Å². The van der Waals surface area contributed by atoms with Crippen LogP contribution < -0.4 is 4.74 Å². The van der Waals surface area contributed by atoms with Gasteiger partial charge in [0.2, 0.25) is 0 Å². The Morgan fingerprint density at radius 1 is 1.21 bits per heavy atom. The molecule has 0 saturated carbocycles. The van der Waals surface area contributed by atoms with Gasteiger partial charge < -0.3 is 4.74 Å². The molecule has 0 bridgehead atoms. The molecular weight excluding hydrogens is 179 g/mol. The van der Waals surface area contributed by atoms with E-state index in [1.165, 1.54) is 0 Å². The second kappa shape index (κ2) is 4.99. The molecule has 0 aromatic heterocycles. The van der Waals surface area contributed by atoms with E-state index < -0.39 is 0 Å². The molecular formula is C12H17FO. The molecule has 1 nitrogen and oxygen atoms in total. The van der Waals surface area contributed by atoms with Crippen molar-refractivity contribution < 1.29 is 9.13 Å². The topological polar surface area (TPSA) is 9.23 Å². The van der Waals surface area contributed by atoms with Crippen LogP contribution in [0.4, 0.5) is 4.39 Å². The van der Waals surface area contributed by atoms with Gasteiger partial charge >= 0.3 is 0 Å². The van der Waals surface area contributed by atoms with Crippen LogP contribution in [-0.4, -0.2) is 7.11 Å². The van der Waals surface area contributed by atoms with Crippen LogP contribution in [0.5, 0.6) is 5.75 Å². The summed E-state index contributed by atoms with van der Waals surface area (Å²) in [4.78, 5) is 0. The molecule has 1 aromatic rings. The van der Waals surface area contributed by atoms with Crippen molar-refractivity contribution in [2.24, 2.45) is 0 Å². The molecule has 1 rings (SSSR count). The first-order chi connectivity index (χ1) is 6.72. The zero-order chi connectivity index (χ0) is 10.6. The molecule has 14 heavy (non-hydrogen) atoms. The smallest absolute Gasteiger partial charge is 0.126 e. The third-order valence-corrected chi connectivity index (χ3v) is 2.35. The SMILES string of the molecule is CCCc1cc(OC)c(CC)cc1F. The number of halogens is 1. The minimum absolute atomic E-state index is 0.107.